The van der Waals surface area contributed by atoms with Gasteiger partial charge in [0, 0.05) is 13.2 Å². The van der Waals surface area contributed by atoms with Crippen molar-refractivity contribution in [1.29, 1.82) is 0 Å². The maximum Gasteiger partial charge on any atom is 0.126 e. The van der Waals surface area contributed by atoms with E-state index in [0.717, 1.165) is 5.56 Å². The second-order valence-corrected chi connectivity index (χ2v) is 3.63. The second-order valence-electron chi connectivity index (χ2n) is 3.63. The summed E-state index contributed by atoms with van der Waals surface area (Å²) < 4.78 is 18.6. The van der Waals surface area contributed by atoms with Gasteiger partial charge in [-0.15, -0.1) is 0 Å². The molecule has 1 rings (SSSR count). The van der Waals surface area contributed by atoms with Gasteiger partial charge in [0.1, 0.15) is 5.82 Å². The number of halogens is 1. The zero-order chi connectivity index (χ0) is 11.3. The molecule has 0 aromatic heterocycles. The van der Waals surface area contributed by atoms with Gasteiger partial charge in [0.05, 0.1) is 6.10 Å². The van der Waals surface area contributed by atoms with E-state index in [2.05, 4.69) is 5.32 Å². The molecule has 0 aliphatic carbocycles. The molecule has 0 heterocycles. The Balaban J connectivity index is 2.71. The smallest absolute Gasteiger partial charge is 0.126 e. The third kappa shape index (κ3) is 3.29. The number of ether oxygens (including phenoxy) is 1. The van der Waals surface area contributed by atoms with Crippen LogP contribution in [0.3, 0.4) is 0 Å². The third-order valence-corrected chi connectivity index (χ3v) is 2.71. The average Bonchev–Trinajstić information content (AvgIpc) is 2.27. The van der Waals surface area contributed by atoms with Gasteiger partial charge in [-0.2, -0.15) is 0 Å². The summed E-state index contributed by atoms with van der Waals surface area (Å²) in [6, 6.07) is 6.98. The molecule has 0 spiro atoms. The van der Waals surface area contributed by atoms with Crippen molar-refractivity contribution in [1.82, 2.24) is 5.32 Å². The van der Waals surface area contributed by atoms with Gasteiger partial charge in [0.25, 0.3) is 0 Å². The number of benzene rings is 1. The third-order valence-electron chi connectivity index (χ3n) is 2.71. The molecule has 0 aliphatic heterocycles. The van der Waals surface area contributed by atoms with Crippen molar-refractivity contribution in [3.63, 3.8) is 0 Å². The van der Waals surface area contributed by atoms with Crippen molar-refractivity contribution in [2.24, 2.45) is 0 Å². The molecule has 0 amide bonds. The number of methoxy groups -OCH3 is 1. The molecule has 1 aromatic carbocycles. The fourth-order valence-electron chi connectivity index (χ4n) is 1.57. The van der Waals surface area contributed by atoms with E-state index in [9.17, 15) is 4.39 Å². The minimum absolute atomic E-state index is 0.0645. The lowest BCUT2D eigenvalue weighted by Gasteiger charge is -2.22. The van der Waals surface area contributed by atoms with E-state index in [4.69, 9.17) is 4.74 Å². The average molecular weight is 211 g/mol. The largest absolute Gasteiger partial charge is 0.380 e. The Hall–Kier alpha value is -0.930. The predicted molar refractivity (Wildman–Crippen MR) is 59.4 cm³/mol. The summed E-state index contributed by atoms with van der Waals surface area (Å²) >= 11 is 0. The standard InChI is InChI=1S/C12H18FNO/c1-9(15-3)12(14-2)8-10-6-4-5-7-11(10)13/h4-7,9,12,14H,8H2,1-3H3. The molecule has 0 saturated carbocycles. The molecule has 1 aromatic rings. The van der Waals surface area contributed by atoms with Crippen molar-refractivity contribution in [2.45, 2.75) is 25.5 Å². The molecule has 2 atom stereocenters. The maximum atomic E-state index is 13.4. The zero-order valence-electron chi connectivity index (χ0n) is 9.46. The highest BCUT2D eigenvalue weighted by molar-refractivity contribution is 5.18. The van der Waals surface area contributed by atoms with Gasteiger partial charge in [0.15, 0.2) is 0 Å². The molecule has 0 fully saturated rings. The highest BCUT2D eigenvalue weighted by Crippen LogP contribution is 2.11. The van der Waals surface area contributed by atoms with Crippen molar-refractivity contribution < 1.29 is 9.13 Å². The van der Waals surface area contributed by atoms with E-state index in [1.54, 1.807) is 13.2 Å². The summed E-state index contributed by atoms with van der Waals surface area (Å²) in [5, 5.41) is 3.14. The molecule has 2 nitrogen and oxygen atoms in total. The molecule has 2 unspecified atom stereocenters. The van der Waals surface area contributed by atoms with Crippen LogP contribution in [0.2, 0.25) is 0 Å². The zero-order valence-corrected chi connectivity index (χ0v) is 9.46. The minimum atomic E-state index is -0.152. The van der Waals surface area contributed by atoms with Gasteiger partial charge < -0.3 is 10.1 Å². The first-order valence-corrected chi connectivity index (χ1v) is 5.12. The van der Waals surface area contributed by atoms with Crippen LogP contribution in [0.25, 0.3) is 0 Å². The number of hydrogen-bond donors (Lipinski definition) is 1. The maximum absolute atomic E-state index is 13.4. The molecular weight excluding hydrogens is 193 g/mol. The Morgan fingerprint density at radius 3 is 2.60 bits per heavy atom. The molecule has 0 radical (unpaired) electrons. The van der Waals surface area contributed by atoms with E-state index in [-0.39, 0.29) is 18.0 Å². The minimum Gasteiger partial charge on any atom is -0.380 e. The van der Waals surface area contributed by atoms with Gasteiger partial charge in [-0.3, -0.25) is 0 Å². The van der Waals surface area contributed by atoms with Crippen LogP contribution in [0.15, 0.2) is 24.3 Å². The first-order chi connectivity index (χ1) is 7.19. The first kappa shape index (κ1) is 12.1. The Morgan fingerprint density at radius 1 is 1.40 bits per heavy atom. The first-order valence-electron chi connectivity index (χ1n) is 5.12. The Bertz CT molecular complexity index is 303. The molecule has 3 heteroatoms. The molecule has 84 valence electrons. The van der Waals surface area contributed by atoms with Crippen molar-refractivity contribution in [3.05, 3.63) is 35.6 Å². The SMILES string of the molecule is CNC(Cc1ccccc1F)C(C)OC. The lowest BCUT2D eigenvalue weighted by atomic mass is 10.0. The summed E-state index contributed by atoms with van der Waals surface area (Å²) in [5.41, 5.74) is 0.723. The van der Waals surface area contributed by atoms with Gasteiger partial charge in [-0.05, 0) is 32.0 Å². The predicted octanol–water partition coefficient (Wildman–Crippen LogP) is 1.99. The van der Waals surface area contributed by atoms with Crippen molar-refractivity contribution in [3.8, 4) is 0 Å². The summed E-state index contributed by atoms with van der Waals surface area (Å²) in [6.07, 6.45) is 0.702. The van der Waals surface area contributed by atoms with Crippen LogP contribution < -0.4 is 5.32 Å². The van der Waals surface area contributed by atoms with Crippen molar-refractivity contribution in [2.75, 3.05) is 14.2 Å². The molecule has 15 heavy (non-hydrogen) atoms. The fourth-order valence-corrected chi connectivity index (χ4v) is 1.57. The van der Waals surface area contributed by atoms with Gasteiger partial charge in [-0.25, -0.2) is 4.39 Å². The topological polar surface area (TPSA) is 21.3 Å². The lowest BCUT2D eigenvalue weighted by Crippen LogP contribution is -2.39. The highest BCUT2D eigenvalue weighted by Gasteiger charge is 2.16. The van der Waals surface area contributed by atoms with Crippen LogP contribution in [0, 0.1) is 5.82 Å². The summed E-state index contributed by atoms with van der Waals surface area (Å²) in [6.45, 7) is 1.97. The Labute approximate surface area is 90.4 Å². The normalized spacial score (nSPS) is 14.9. The Kier molecular flexibility index (Phi) is 4.72. The second kappa shape index (κ2) is 5.83. The van der Waals surface area contributed by atoms with Crippen LogP contribution in [-0.2, 0) is 11.2 Å². The fraction of sp³-hybridized carbons (Fsp3) is 0.500. The van der Waals surface area contributed by atoms with E-state index < -0.39 is 0 Å². The van der Waals surface area contributed by atoms with Crippen LogP contribution in [-0.4, -0.2) is 26.3 Å². The van der Waals surface area contributed by atoms with Gasteiger partial charge >= 0.3 is 0 Å². The van der Waals surface area contributed by atoms with Gasteiger partial charge in [0.2, 0.25) is 0 Å². The molecule has 0 bridgehead atoms. The van der Waals surface area contributed by atoms with Crippen LogP contribution in [0.5, 0.6) is 0 Å². The van der Waals surface area contributed by atoms with Crippen LogP contribution >= 0.6 is 0 Å². The summed E-state index contributed by atoms with van der Waals surface area (Å²) in [4.78, 5) is 0. The molecular formula is C12H18FNO. The molecule has 0 aliphatic rings. The molecule has 1 N–H and O–H groups in total. The van der Waals surface area contributed by atoms with E-state index in [1.807, 2.05) is 26.1 Å². The number of likely N-dealkylation sites (N-methyl/N-ethyl adjacent to an activating group) is 1. The number of nitrogens with one attached hydrogen (secondary N) is 1. The molecule has 0 saturated heterocycles. The van der Waals surface area contributed by atoms with E-state index in [0.29, 0.717) is 6.42 Å². The van der Waals surface area contributed by atoms with Crippen LogP contribution in [0.1, 0.15) is 12.5 Å². The lowest BCUT2D eigenvalue weighted by molar-refractivity contribution is 0.0854. The van der Waals surface area contributed by atoms with Gasteiger partial charge in [-0.1, -0.05) is 18.2 Å². The quantitative estimate of drug-likeness (QED) is 0.804. The van der Waals surface area contributed by atoms with Crippen molar-refractivity contribution >= 4 is 0 Å². The van der Waals surface area contributed by atoms with E-state index in [1.165, 1.54) is 6.07 Å². The number of rotatable bonds is 5. The monoisotopic (exact) mass is 211 g/mol. The highest BCUT2D eigenvalue weighted by atomic mass is 19.1. The summed E-state index contributed by atoms with van der Waals surface area (Å²) in [7, 11) is 3.53. The summed E-state index contributed by atoms with van der Waals surface area (Å²) in [5.74, 6) is -0.152. The number of hydrogen-bond acceptors (Lipinski definition) is 2. The van der Waals surface area contributed by atoms with E-state index >= 15 is 0 Å². The van der Waals surface area contributed by atoms with Crippen LogP contribution in [0.4, 0.5) is 4.39 Å². The Morgan fingerprint density at radius 2 is 2.07 bits per heavy atom.